The van der Waals surface area contributed by atoms with Gasteiger partial charge in [0, 0.05) is 11.7 Å². The summed E-state index contributed by atoms with van der Waals surface area (Å²) in [5, 5.41) is 5.78. The maximum absolute atomic E-state index is 12.6. The lowest BCUT2D eigenvalue weighted by Gasteiger charge is -2.27. The molecule has 0 radical (unpaired) electrons. The van der Waals surface area contributed by atoms with Gasteiger partial charge in [0.15, 0.2) is 0 Å². The minimum absolute atomic E-state index is 0.0335. The number of anilines is 1. The zero-order valence-electron chi connectivity index (χ0n) is 14.2. The van der Waals surface area contributed by atoms with E-state index in [1.54, 1.807) is 31.2 Å². The van der Waals surface area contributed by atoms with Crippen LogP contribution in [0.2, 0.25) is 0 Å². The number of amides is 2. The maximum atomic E-state index is 12.6. The Kier molecular flexibility index (Phi) is 6.56. The van der Waals surface area contributed by atoms with Crippen molar-refractivity contribution < 1.29 is 19.1 Å². The van der Waals surface area contributed by atoms with Crippen molar-refractivity contribution in [3.8, 4) is 0 Å². The average Bonchev–Trinajstić information content (AvgIpc) is 2.60. The summed E-state index contributed by atoms with van der Waals surface area (Å²) in [5.74, 6) is -1.57. The lowest BCUT2D eigenvalue weighted by Crippen LogP contribution is -2.46. The van der Waals surface area contributed by atoms with Gasteiger partial charge in [0.05, 0.1) is 18.1 Å². The van der Waals surface area contributed by atoms with Gasteiger partial charge in [-0.05, 0) is 31.9 Å². The molecule has 0 aliphatic heterocycles. The molecule has 25 heavy (non-hydrogen) atoms. The first-order chi connectivity index (χ1) is 12.0. The van der Waals surface area contributed by atoms with Crippen LogP contribution in [0.1, 0.15) is 30.1 Å². The highest BCUT2D eigenvalue weighted by atomic mass is 16.5. The van der Waals surface area contributed by atoms with E-state index in [0.29, 0.717) is 30.7 Å². The summed E-state index contributed by atoms with van der Waals surface area (Å²) in [5.41, 5.74) is 6.34. The molecule has 0 aromatic heterocycles. The highest BCUT2D eigenvalue weighted by Crippen LogP contribution is 2.21. The molecule has 0 fully saturated rings. The molecule has 0 heterocycles. The fraction of sp³-hybridized carbons (Fsp3) is 0.389. The number of rotatable bonds is 7. The number of esters is 1. The van der Waals surface area contributed by atoms with Crippen LogP contribution in [0.4, 0.5) is 5.69 Å². The second kappa shape index (κ2) is 8.86. The highest BCUT2D eigenvalue weighted by molar-refractivity contribution is 6.00. The molecule has 0 saturated carbocycles. The third kappa shape index (κ3) is 5.07. The van der Waals surface area contributed by atoms with Crippen molar-refractivity contribution in [2.75, 3.05) is 18.5 Å². The largest absolute Gasteiger partial charge is 0.465 e. The summed E-state index contributed by atoms with van der Waals surface area (Å²) < 4.78 is 4.86. The molecular formula is C18H23N3O4. The predicted molar refractivity (Wildman–Crippen MR) is 93.9 cm³/mol. The normalized spacial score (nSPS) is 19.1. The van der Waals surface area contributed by atoms with Gasteiger partial charge >= 0.3 is 5.97 Å². The third-order valence-corrected chi connectivity index (χ3v) is 4.01. The predicted octanol–water partition coefficient (Wildman–Crippen LogP) is 1.21. The quantitative estimate of drug-likeness (QED) is 0.508. The summed E-state index contributed by atoms with van der Waals surface area (Å²) in [4.78, 5) is 35.7. The number of primary amides is 1. The van der Waals surface area contributed by atoms with E-state index in [9.17, 15) is 14.4 Å². The molecule has 0 unspecified atom stereocenters. The number of ether oxygens (including phenoxy) is 1. The standard InChI is InChI=1S/C18H23N3O4/c1-2-25-16(22)11-20-14-9-5-4-8-13(14)18(24)21-15-10-6-3-7-12(15)17(19)23/h3-6,8-9,12,15,20H,2,7,10-11H2,1H3,(H2,19,23)(H,21,24)/t12-,15+/m0/s1. The molecule has 4 N–H and O–H groups in total. The van der Waals surface area contributed by atoms with Crippen molar-refractivity contribution in [3.05, 3.63) is 42.0 Å². The molecule has 7 nitrogen and oxygen atoms in total. The van der Waals surface area contributed by atoms with Gasteiger partial charge in [-0.25, -0.2) is 0 Å². The van der Waals surface area contributed by atoms with Crippen LogP contribution in [-0.4, -0.2) is 37.0 Å². The number of allylic oxidation sites excluding steroid dienone is 1. The van der Waals surface area contributed by atoms with Crippen LogP contribution >= 0.6 is 0 Å². The van der Waals surface area contributed by atoms with Crippen LogP contribution in [0.5, 0.6) is 0 Å². The molecule has 0 spiro atoms. The molecule has 1 aliphatic rings. The van der Waals surface area contributed by atoms with Gasteiger partial charge in [0.1, 0.15) is 6.54 Å². The van der Waals surface area contributed by atoms with Crippen molar-refractivity contribution in [3.63, 3.8) is 0 Å². The zero-order valence-corrected chi connectivity index (χ0v) is 14.2. The number of carbonyl (C=O) groups is 3. The van der Waals surface area contributed by atoms with Crippen LogP contribution < -0.4 is 16.4 Å². The van der Waals surface area contributed by atoms with Gasteiger partial charge in [-0.1, -0.05) is 24.3 Å². The van der Waals surface area contributed by atoms with Crippen LogP contribution in [0.3, 0.4) is 0 Å². The number of nitrogens with one attached hydrogen (secondary N) is 2. The topological polar surface area (TPSA) is 111 Å². The van der Waals surface area contributed by atoms with Gasteiger partial charge < -0.3 is 21.1 Å². The number of benzene rings is 1. The Morgan fingerprint density at radius 2 is 1.92 bits per heavy atom. The molecule has 134 valence electrons. The van der Waals surface area contributed by atoms with E-state index in [1.807, 2.05) is 12.2 Å². The van der Waals surface area contributed by atoms with Crippen molar-refractivity contribution >= 4 is 23.5 Å². The minimum Gasteiger partial charge on any atom is -0.465 e. The van der Waals surface area contributed by atoms with E-state index >= 15 is 0 Å². The van der Waals surface area contributed by atoms with E-state index in [-0.39, 0.29) is 18.5 Å². The second-order valence-corrected chi connectivity index (χ2v) is 5.74. The van der Waals surface area contributed by atoms with Crippen LogP contribution in [0.25, 0.3) is 0 Å². The summed E-state index contributed by atoms with van der Waals surface area (Å²) in [7, 11) is 0. The molecular weight excluding hydrogens is 322 g/mol. The smallest absolute Gasteiger partial charge is 0.325 e. The van der Waals surface area contributed by atoms with Crippen LogP contribution in [0, 0.1) is 5.92 Å². The van der Waals surface area contributed by atoms with Gasteiger partial charge in [-0.15, -0.1) is 0 Å². The van der Waals surface area contributed by atoms with Gasteiger partial charge in [0.2, 0.25) is 5.91 Å². The number of hydrogen-bond donors (Lipinski definition) is 3. The number of para-hydroxylation sites is 1. The molecule has 7 heteroatoms. The Hall–Kier alpha value is -2.83. The summed E-state index contributed by atoms with van der Waals surface area (Å²) in [6.45, 7) is 1.99. The first-order valence-corrected chi connectivity index (χ1v) is 8.26. The molecule has 2 rings (SSSR count). The Labute approximate surface area is 146 Å². The lowest BCUT2D eigenvalue weighted by atomic mass is 9.88. The highest BCUT2D eigenvalue weighted by Gasteiger charge is 2.29. The summed E-state index contributed by atoms with van der Waals surface area (Å²) in [6, 6.07) is 6.52. The Morgan fingerprint density at radius 3 is 2.64 bits per heavy atom. The van der Waals surface area contributed by atoms with Gasteiger partial charge in [-0.3, -0.25) is 14.4 Å². The van der Waals surface area contributed by atoms with Gasteiger partial charge in [0.25, 0.3) is 5.91 Å². The first-order valence-electron chi connectivity index (χ1n) is 8.26. The Bertz CT molecular complexity index is 672. The summed E-state index contributed by atoms with van der Waals surface area (Å²) >= 11 is 0. The first kappa shape index (κ1) is 18.5. The number of nitrogens with two attached hydrogens (primary N) is 1. The van der Waals surface area contributed by atoms with E-state index in [1.165, 1.54) is 0 Å². The van der Waals surface area contributed by atoms with E-state index in [2.05, 4.69) is 10.6 Å². The number of carbonyl (C=O) groups excluding carboxylic acids is 3. The third-order valence-electron chi connectivity index (χ3n) is 4.01. The van der Waals surface area contributed by atoms with E-state index in [0.717, 1.165) is 0 Å². The molecule has 1 aliphatic carbocycles. The van der Waals surface area contributed by atoms with Crippen LogP contribution in [0.15, 0.2) is 36.4 Å². The molecule has 0 bridgehead atoms. The van der Waals surface area contributed by atoms with E-state index < -0.39 is 17.8 Å². The fourth-order valence-electron chi connectivity index (χ4n) is 2.75. The molecule has 2 atom stereocenters. The molecule has 1 aromatic rings. The number of hydrogen-bond acceptors (Lipinski definition) is 5. The monoisotopic (exact) mass is 345 g/mol. The second-order valence-electron chi connectivity index (χ2n) is 5.74. The van der Waals surface area contributed by atoms with Crippen LogP contribution in [-0.2, 0) is 14.3 Å². The van der Waals surface area contributed by atoms with Crippen molar-refractivity contribution in [1.82, 2.24) is 5.32 Å². The zero-order chi connectivity index (χ0) is 18.2. The molecule has 1 aromatic carbocycles. The maximum Gasteiger partial charge on any atom is 0.325 e. The minimum atomic E-state index is -0.427. The van der Waals surface area contributed by atoms with Gasteiger partial charge in [-0.2, -0.15) is 0 Å². The SMILES string of the molecule is CCOC(=O)CNc1ccccc1C(=O)N[C@@H]1CC=CC[C@@H]1C(N)=O. The van der Waals surface area contributed by atoms with E-state index in [4.69, 9.17) is 10.5 Å². The molecule has 0 saturated heterocycles. The molecule has 2 amide bonds. The Morgan fingerprint density at radius 1 is 1.20 bits per heavy atom. The van der Waals surface area contributed by atoms with Crippen molar-refractivity contribution in [1.29, 1.82) is 0 Å². The Balaban J connectivity index is 2.07. The van der Waals surface area contributed by atoms with Crippen molar-refractivity contribution in [2.24, 2.45) is 11.7 Å². The van der Waals surface area contributed by atoms with Crippen molar-refractivity contribution in [2.45, 2.75) is 25.8 Å². The average molecular weight is 345 g/mol. The fourth-order valence-corrected chi connectivity index (χ4v) is 2.75. The lowest BCUT2D eigenvalue weighted by molar-refractivity contribution is -0.140. The summed E-state index contributed by atoms with van der Waals surface area (Å²) in [6.07, 6.45) is 4.89.